The van der Waals surface area contributed by atoms with Crippen molar-refractivity contribution in [3.8, 4) is 0 Å². The van der Waals surface area contributed by atoms with Crippen molar-refractivity contribution < 1.29 is 168 Å². The highest BCUT2D eigenvalue weighted by molar-refractivity contribution is 5.73. The molecule has 1 unspecified atom stereocenters. The van der Waals surface area contributed by atoms with E-state index in [4.69, 9.17) is 61.6 Å². The van der Waals surface area contributed by atoms with E-state index >= 15 is 0 Å². The topological polar surface area (TPSA) is 563 Å². The van der Waals surface area contributed by atoms with E-state index in [-0.39, 0.29) is 0 Å². The molecule has 0 radical (unpaired) electrons. The van der Waals surface area contributed by atoms with E-state index in [2.05, 4.69) is 10.6 Å². The van der Waals surface area contributed by atoms with Crippen LogP contribution in [0.25, 0.3) is 0 Å². The molecule has 7 heterocycles. The van der Waals surface area contributed by atoms with Crippen LogP contribution in [0.3, 0.4) is 0 Å². The van der Waals surface area contributed by atoms with Gasteiger partial charge in [-0.05, 0) is 13.8 Å². The average Bonchev–Trinajstić information content (AvgIpc) is 2.80. The number of rotatable bonds is 19. The predicted octanol–water partition coefficient (Wildman–Crippen LogP) is -13.9. The van der Waals surface area contributed by atoms with Gasteiger partial charge in [0.25, 0.3) is 0 Å². The Hall–Kier alpha value is -2.34. The molecule has 2 amide bonds. The van der Waals surface area contributed by atoms with E-state index in [1.54, 1.807) is 0 Å². The predicted molar refractivity (Wildman–Crippen MR) is 252 cm³/mol. The lowest BCUT2D eigenvalue weighted by Gasteiger charge is -2.51. The normalized spacial score (nSPS) is 51.3. The first-order chi connectivity index (χ1) is 38.6. The van der Waals surface area contributed by atoms with Gasteiger partial charge < -0.3 is 169 Å². The molecule has 21 N–H and O–H groups in total. The highest BCUT2D eigenvalue weighted by Crippen LogP contribution is 2.37. The first kappa shape index (κ1) is 67.2. The van der Waals surface area contributed by atoms with Gasteiger partial charge in [-0.25, -0.2) is 0 Å². The molecule has 7 fully saturated rings. The highest BCUT2D eigenvalue weighted by atomic mass is 16.8. The molecule has 7 aliphatic rings. The van der Waals surface area contributed by atoms with Gasteiger partial charge in [0.2, 0.25) is 11.8 Å². The monoisotopic (exact) mass is 1200 g/mol. The molecule has 36 heteroatoms. The lowest BCUT2D eigenvalue weighted by Crippen LogP contribution is -2.71. The van der Waals surface area contributed by atoms with Crippen LogP contribution in [-0.2, 0) is 71.2 Å². The summed E-state index contributed by atoms with van der Waals surface area (Å²) in [5.74, 6) is -1.73. The molecule has 0 spiro atoms. The van der Waals surface area contributed by atoms with Crippen LogP contribution >= 0.6 is 0 Å². The highest BCUT2D eigenvalue weighted by Gasteiger charge is 2.58. The second kappa shape index (κ2) is 28.7. The number of aliphatic hydroxyl groups excluding tert-OH is 19. The summed E-state index contributed by atoms with van der Waals surface area (Å²) in [5, 5.41) is 210. The van der Waals surface area contributed by atoms with Crippen LogP contribution in [0.5, 0.6) is 0 Å². The smallest absolute Gasteiger partial charge is 0.217 e. The van der Waals surface area contributed by atoms with E-state index in [1.165, 1.54) is 13.8 Å². The second-order valence-electron chi connectivity index (χ2n) is 21.1. The van der Waals surface area contributed by atoms with E-state index in [9.17, 15) is 107 Å². The number of ether oxygens (including phenoxy) is 13. The molecule has 7 aliphatic heterocycles. The number of carbonyl (C=O) groups is 2. The summed E-state index contributed by atoms with van der Waals surface area (Å²) in [6.45, 7) is -0.0441. The zero-order valence-corrected chi connectivity index (χ0v) is 44.4. The quantitative estimate of drug-likeness (QED) is 0.0571. The van der Waals surface area contributed by atoms with Gasteiger partial charge in [-0.3, -0.25) is 9.59 Å². The molecule has 0 aliphatic carbocycles. The van der Waals surface area contributed by atoms with Gasteiger partial charge in [0.05, 0.1) is 45.2 Å². The van der Waals surface area contributed by atoms with Crippen molar-refractivity contribution >= 4 is 11.8 Å². The third-order valence-electron chi connectivity index (χ3n) is 15.2. The van der Waals surface area contributed by atoms with E-state index in [1.807, 2.05) is 0 Å². The summed E-state index contributed by atoms with van der Waals surface area (Å²) in [5.41, 5.74) is 0. The van der Waals surface area contributed by atoms with Gasteiger partial charge in [-0.1, -0.05) is 0 Å². The van der Waals surface area contributed by atoms with Crippen molar-refractivity contribution in [2.24, 2.45) is 0 Å². The fourth-order valence-corrected chi connectivity index (χ4v) is 10.5. The number of aliphatic hydroxyl groups is 19. The van der Waals surface area contributed by atoms with Crippen molar-refractivity contribution in [3.05, 3.63) is 0 Å². The lowest BCUT2D eigenvalue weighted by atomic mass is 9.93. The Bertz CT molecular complexity index is 2030. The SMILES string of the molecule is CC(=O)N[C@H]1[C@H](O[C@H]2[C@H](O[C@@H]3O[C@@H](C)[C@@H](O)[C@@H](O)[C@@H]3O)[C@@H](NC(C)=O)C(O)O[C@@H]2CO[C@@H]2O[C@@H](C)[C@@H](O)[C@@H](O)[C@@H]2O)O[C@H](CO)[C@@H](O[C@@H]2O[C@H](CO[C@H]3O[C@H](CO)[C@@H](O)[C@H](O)[C@@H]3O)[C@@H](O)[C@H](O[C@H]3O[C@H](CO)[C@@H](O)[C@H](O)[C@@H]3O)[C@@H]2O)[C@@H]1O. The van der Waals surface area contributed by atoms with Crippen molar-refractivity contribution in [1.29, 1.82) is 0 Å². The summed E-state index contributed by atoms with van der Waals surface area (Å²) in [4.78, 5) is 25.7. The molecule has 0 aromatic heterocycles. The molecule has 36 nitrogen and oxygen atoms in total. The fraction of sp³-hybridized carbons (Fsp3) is 0.957. The van der Waals surface area contributed by atoms with Crippen molar-refractivity contribution in [3.63, 3.8) is 0 Å². The van der Waals surface area contributed by atoms with Gasteiger partial charge in [0, 0.05) is 13.8 Å². The van der Waals surface area contributed by atoms with E-state index in [0.29, 0.717) is 0 Å². The maximum atomic E-state index is 13.0. The Morgan fingerprint density at radius 1 is 0.341 bits per heavy atom. The number of nitrogens with one attached hydrogen (secondary N) is 2. The molecule has 476 valence electrons. The summed E-state index contributed by atoms with van der Waals surface area (Å²) < 4.78 is 75.9. The number of carbonyl (C=O) groups excluding carboxylic acids is 2. The molecule has 35 atom stereocenters. The average molecular weight is 1200 g/mol. The van der Waals surface area contributed by atoms with Gasteiger partial charge >= 0.3 is 0 Å². The zero-order valence-electron chi connectivity index (χ0n) is 44.4. The molecular formula is C46H78N2O34. The minimum absolute atomic E-state index is 0.826. The molecule has 0 saturated carbocycles. The Balaban J connectivity index is 1.21. The fourth-order valence-electron chi connectivity index (χ4n) is 10.5. The third kappa shape index (κ3) is 14.5. The van der Waals surface area contributed by atoms with Crippen molar-refractivity contribution in [2.45, 2.75) is 243 Å². The molecule has 0 bridgehead atoms. The standard InChI is InChI=1S/C46H78N2O34/c1-10-21(54)27(60)31(64)42(72-10)71-9-18-37(38(20(40(69)74-18)48-13(4)53)81-44-33(66)28(61)22(55)11(2)73-44)80-41-19(47-12(3)52)26(59)36(16(7-51)77-41)79-46-35(68)39(82-45-34(67)30(63)24(57)15(6-50)76-45)25(58)17(78-46)8-70-43-32(65)29(62)23(56)14(5-49)75-43/h10-11,14-46,49-51,54-69H,5-9H2,1-4H3,(H,47,52)(H,48,53)/t10-,11-,14+,15+,16+,17+,18+,19+,20+,21+,22+,23+,24+,25+,26+,27+,28+,29-,30-,31-,32-,33-,34-,35-,36+,37+,38+,39-,40?,41-,42+,43-,44-,45+,46-/m0/s1. The van der Waals surface area contributed by atoms with Crippen molar-refractivity contribution in [2.75, 3.05) is 33.0 Å². The van der Waals surface area contributed by atoms with Crippen LogP contribution < -0.4 is 10.6 Å². The summed E-state index contributed by atoms with van der Waals surface area (Å²) in [6.07, 6.45) is -62.0. The summed E-state index contributed by atoms with van der Waals surface area (Å²) in [6, 6.07) is -3.64. The van der Waals surface area contributed by atoms with Crippen LogP contribution in [0.1, 0.15) is 27.7 Å². The molecular weight excluding hydrogens is 1120 g/mol. The molecule has 7 saturated heterocycles. The molecule has 0 aromatic rings. The zero-order chi connectivity index (χ0) is 60.5. The van der Waals surface area contributed by atoms with Crippen LogP contribution in [0.15, 0.2) is 0 Å². The van der Waals surface area contributed by atoms with E-state index < -0.39 is 260 Å². The maximum Gasteiger partial charge on any atom is 0.217 e. The van der Waals surface area contributed by atoms with Gasteiger partial charge in [0.15, 0.2) is 44.0 Å². The number of hydrogen-bond donors (Lipinski definition) is 21. The maximum absolute atomic E-state index is 13.0. The van der Waals surface area contributed by atoms with Crippen LogP contribution in [0.4, 0.5) is 0 Å². The molecule has 0 aromatic carbocycles. The van der Waals surface area contributed by atoms with Crippen molar-refractivity contribution in [1.82, 2.24) is 10.6 Å². The third-order valence-corrected chi connectivity index (χ3v) is 15.2. The Kier molecular flexibility index (Phi) is 23.5. The Morgan fingerprint density at radius 3 is 1.24 bits per heavy atom. The first-order valence-corrected chi connectivity index (χ1v) is 26.3. The summed E-state index contributed by atoms with van der Waals surface area (Å²) in [7, 11) is 0. The Morgan fingerprint density at radius 2 is 0.720 bits per heavy atom. The molecule has 82 heavy (non-hydrogen) atoms. The summed E-state index contributed by atoms with van der Waals surface area (Å²) >= 11 is 0. The largest absolute Gasteiger partial charge is 0.394 e. The minimum Gasteiger partial charge on any atom is -0.394 e. The van der Waals surface area contributed by atoms with Crippen LogP contribution in [0.2, 0.25) is 0 Å². The van der Waals surface area contributed by atoms with Gasteiger partial charge in [-0.2, -0.15) is 0 Å². The first-order valence-electron chi connectivity index (χ1n) is 26.3. The number of amides is 2. The lowest BCUT2D eigenvalue weighted by molar-refractivity contribution is -0.388. The number of hydrogen-bond acceptors (Lipinski definition) is 34. The molecule has 7 rings (SSSR count). The van der Waals surface area contributed by atoms with Crippen LogP contribution in [0, 0.1) is 0 Å². The van der Waals surface area contributed by atoms with Gasteiger partial charge in [0.1, 0.15) is 159 Å². The minimum atomic E-state index is -2.29. The van der Waals surface area contributed by atoms with Gasteiger partial charge in [-0.15, -0.1) is 0 Å². The van der Waals surface area contributed by atoms with E-state index in [0.717, 1.165) is 13.8 Å². The second-order valence-corrected chi connectivity index (χ2v) is 21.1. The Labute approximate surface area is 465 Å². The van der Waals surface area contributed by atoms with Crippen LogP contribution in [-0.4, -0.2) is 357 Å².